The number of anilines is 3. The maximum absolute atomic E-state index is 6.27. The van der Waals surface area contributed by atoms with Crippen LogP contribution < -0.4 is 4.90 Å². The smallest absolute Gasteiger partial charge is 0.136 e. The molecule has 0 radical (unpaired) electrons. The van der Waals surface area contributed by atoms with Crippen molar-refractivity contribution in [2.45, 2.75) is 0 Å². The lowest BCUT2D eigenvalue weighted by Gasteiger charge is -2.28. The van der Waals surface area contributed by atoms with Crippen molar-refractivity contribution in [3.8, 4) is 72.4 Å². The lowest BCUT2D eigenvalue weighted by molar-refractivity contribution is 0.669. The molecule has 2 heterocycles. The summed E-state index contributed by atoms with van der Waals surface area (Å²) in [4.78, 5) is 2.39. The van der Waals surface area contributed by atoms with E-state index in [0.29, 0.717) is 0 Å². The summed E-state index contributed by atoms with van der Waals surface area (Å²) in [6, 6.07) is 105. The van der Waals surface area contributed by atoms with Crippen molar-refractivity contribution in [3.05, 3.63) is 291 Å². The van der Waals surface area contributed by atoms with E-state index in [0.717, 1.165) is 83.6 Å². The van der Waals surface area contributed by atoms with Crippen molar-refractivity contribution in [1.29, 1.82) is 0 Å². The molecule has 0 saturated heterocycles. The molecule has 75 heavy (non-hydrogen) atoms. The monoisotopic (exact) mass is 956 g/mol. The second kappa shape index (κ2) is 18.6. The Bertz CT molecular complexity index is 4300. The van der Waals surface area contributed by atoms with Gasteiger partial charge in [0.25, 0.3) is 0 Å². The molecule has 0 N–H and O–H groups in total. The predicted octanol–water partition coefficient (Wildman–Crippen LogP) is 20.2. The molecule has 3 nitrogen and oxygen atoms in total. The number of hydrogen-bond acceptors (Lipinski definition) is 2. The van der Waals surface area contributed by atoms with E-state index in [1.807, 2.05) is 12.1 Å². The molecule has 0 bridgehead atoms. The van der Waals surface area contributed by atoms with Crippen molar-refractivity contribution in [2.24, 2.45) is 0 Å². The minimum atomic E-state index is 0.899. The highest BCUT2D eigenvalue weighted by molar-refractivity contribution is 6.13. The van der Waals surface area contributed by atoms with Gasteiger partial charge in [-0.3, -0.25) is 0 Å². The molecule has 12 aromatic carbocycles. The summed E-state index contributed by atoms with van der Waals surface area (Å²) in [5.41, 5.74) is 22.6. The van der Waals surface area contributed by atoms with Crippen LogP contribution in [0.1, 0.15) is 0 Å². The van der Waals surface area contributed by atoms with Crippen LogP contribution in [-0.2, 0) is 0 Å². The highest BCUT2D eigenvalue weighted by Crippen LogP contribution is 2.44. The second-order valence-electron chi connectivity index (χ2n) is 19.2. The Kier molecular flexibility index (Phi) is 10.8. The van der Waals surface area contributed by atoms with Crippen LogP contribution in [0.3, 0.4) is 0 Å². The molecule has 3 heteroatoms. The van der Waals surface area contributed by atoms with E-state index < -0.39 is 0 Å². The van der Waals surface area contributed by atoms with Gasteiger partial charge in [0.2, 0.25) is 0 Å². The molecule has 352 valence electrons. The van der Waals surface area contributed by atoms with E-state index in [1.54, 1.807) is 0 Å². The third-order valence-corrected chi connectivity index (χ3v) is 14.9. The molecule has 14 rings (SSSR count). The van der Waals surface area contributed by atoms with Crippen molar-refractivity contribution in [3.63, 3.8) is 0 Å². The van der Waals surface area contributed by atoms with Gasteiger partial charge in [0.05, 0.1) is 16.7 Å². The Labute approximate surface area is 436 Å². The average Bonchev–Trinajstić information content (AvgIpc) is 4.06. The summed E-state index contributed by atoms with van der Waals surface area (Å²) in [7, 11) is 0. The number of furan rings is 1. The van der Waals surface area contributed by atoms with Crippen molar-refractivity contribution in [1.82, 2.24) is 4.57 Å². The SMILES string of the molecule is c1ccc(-c2ccc(-c3ccccc3N(c3ccc(-c4ccc(-c5ccc(-n6c7ccccc7c7ccccc76)cc5)cc4)cc3)c3ccc(-c4cccc(-c5cccc6oc7ccccc7c56)c4)cc3)cc2)cc1. The highest BCUT2D eigenvalue weighted by Gasteiger charge is 2.19. The number of benzene rings is 12. The number of aromatic nitrogens is 1. The minimum absolute atomic E-state index is 0.899. The average molecular weight is 957 g/mol. The zero-order valence-corrected chi connectivity index (χ0v) is 41.0. The molecule has 0 aliphatic carbocycles. The van der Waals surface area contributed by atoms with Gasteiger partial charge < -0.3 is 13.9 Å². The lowest BCUT2D eigenvalue weighted by atomic mass is 9.95. The summed E-state index contributed by atoms with van der Waals surface area (Å²) < 4.78 is 8.64. The normalized spacial score (nSPS) is 11.5. The van der Waals surface area contributed by atoms with Crippen molar-refractivity contribution >= 4 is 60.8 Å². The number of nitrogens with zero attached hydrogens (tertiary/aromatic N) is 2. The number of hydrogen-bond donors (Lipinski definition) is 0. The maximum atomic E-state index is 6.27. The van der Waals surface area contributed by atoms with Gasteiger partial charge in [0.15, 0.2) is 0 Å². The maximum Gasteiger partial charge on any atom is 0.136 e. The first-order valence-electron chi connectivity index (χ1n) is 25.6. The first-order valence-corrected chi connectivity index (χ1v) is 25.6. The van der Waals surface area contributed by atoms with Crippen LogP contribution >= 0.6 is 0 Å². The number of fused-ring (bicyclic) bond motifs is 6. The molecular formula is C72H48N2O. The number of para-hydroxylation sites is 4. The van der Waals surface area contributed by atoms with Gasteiger partial charge in [-0.1, -0.05) is 218 Å². The third-order valence-electron chi connectivity index (χ3n) is 14.9. The molecule has 2 aromatic heterocycles. The zero-order valence-electron chi connectivity index (χ0n) is 41.0. The van der Waals surface area contributed by atoms with Crippen LogP contribution in [-0.4, -0.2) is 4.57 Å². The van der Waals surface area contributed by atoms with E-state index >= 15 is 0 Å². The topological polar surface area (TPSA) is 21.3 Å². The van der Waals surface area contributed by atoms with Crippen LogP contribution in [0.15, 0.2) is 296 Å². The molecule has 0 spiro atoms. The quantitative estimate of drug-likeness (QED) is 0.136. The molecule has 14 aromatic rings. The van der Waals surface area contributed by atoms with E-state index in [4.69, 9.17) is 4.42 Å². The molecular weight excluding hydrogens is 909 g/mol. The molecule has 0 fully saturated rings. The third kappa shape index (κ3) is 7.95. The Morgan fingerprint density at radius 2 is 0.680 bits per heavy atom. The van der Waals surface area contributed by atoms with Gasteiger partial charge in [0, 0.05) is 44.2 Å². The largest absolute Gasteiger partial charge is 0.456 e. The van der Waals surface area contributed by atoms with Crippen LogP contribution in [0.5, 0.6) is 0 Å². The van der Waals surface area contributed by atoms with Crippen LogP contribution in [0.25, 0.3) is 116 Å². The molecule has 0 saturated carbocycles. The first-order chi connectivity index (χ1) is 37.2. The Hall–Kier alpha value is -9.96. The molecule has 0 unspecified atom stereocenters. The van der Waals surface area contributed by atoms with Gasteiger partial charge in [-0.2, -0.15) is 0 Å². The Morgan fingerprint density at radius 3 is 1.31 bits per heavy atom. The van der Waals surface area contributed by atoms with Crippen molar-refractivity contribution in [2.75, 3.05) is 4.90 Å². The second-order valence-corrected chi connectivity index (χ2v) is 19.2. The summed E-state index contributed by atoms with van der Waals surface area (Å²) >= 11 is 0. The summed E-state index contributed by atoms with van der Waals surface area (Å²) in [5.74, 6) is 0. The summed E-state index contributed by atoms with van der Waals surface area (Å²) in [6.07, 6.45) is 0. The van der Waals surface area contributed by atoms with Gasteiger partial charge in [-0.25, -0.2) is 0 Å². The minimum Gasteiger partial charge on any atom is -0.456 e. The molecule has 0 amide bonds. The van der Waals surface area contributed by atoms with E-state index in [-0.39, 0.29) is 0 Å². The molecule has 0 atom stereocenters. The van der Waals surface area contributed by atoms with Gasteiger partial charge in [0.1, 0.15) is 11.2 Å². The fourth-order valence-corrected chi connectivity index (χ4v) is 11.2. The van der Waals surface area contributed by atoms with Crippen LogP contribution in [0.2, 0.25) is 0 Å². The first kappa shape index (κ1) is 43.8. The van der Waals surface area contributed by atoms with E-state index in [9.17, 15) is 0 Å². The predicted molar refractivity (Wildman–Crippen MR) is 315 cm³/mol. The number of rotatable bonds is 10. The van der Waals surface area contributed by atoms with Crippen LogP contribution in [0, 0.1) is 0 Å². The van der Waals surface area contributed by atoms with Gasteiger partial charge >= 0.3 is 0 Å². The van der Waals surface area contributed by atoms with E-state index in [2.05, 4.69) is 289 Å². The molecule has 0 aliphatic heterocycles. The van der Waals surface area contributed by atoms with Crippen LogP contribution in [0.4, 0.5) is 17.1 Å². The molecule has 0 aliphatic rings. The van der Waals surface area contributed by atoms with Gasteiger partial charge in [-0.15, -0.1) is 0 Å². The standard InChI is InChI=1S/C72H48N2O/c1-2-14-49(15-3-1)50-32-34-56(35-33-50)62-18-4-8-23-67(62)73(60-44-40-55(41-45-60)57-16-12-17-58(48-57)63-22-13-27-71-72(63)66-21-7-11-26-70(66)75-71)59-42-36-53(37-43-59)51-28-30-52(31-29-51)54-38-46-61(47-39-54)74-68-24-9-5-19-64(68)65-20-6-10-25-69(65)74/h1-48H. The van der Waals surface area contributed by atoms with Gasteiger partial charge in [-0.05, 0) is 134 Å². The lowest BCUT2D eigenvalue weighted by Crippen LogP contribution is -2.11. The fraction of sp³-hybridized carbons (Fsp3) is 0. The zero-order chi connectivity index (χ0) is 49.7. The summed E-state index contributed by atoms with van der Waals surface area (Å²) in [5, 5.41) is 4.81. The summed E-state index contributed by atoms with van der Waals surface area (Å²) in [6.45, 7) is 0. The Balaban J connectivity index is 0.788. The Morgan fingerprint density at radius 1 is 0.267 bits per heavy atom. The highest BCUT2D eigenvalue weighted by atomic mass is 16.3. The fourth-order valence-electron chi connectivity index (χ4n) is 11.2. The van der Waals surface area contributed by atoms with Crippen molar-refractivity contribution < 1.29 is 4.42 Å². The van der Waals surface area contributed by atoms with E-state index in [1.165, 1.54) is 49.6 Å².